The highest BCUT2D eigenvalue weighted by molar-refractivity contribution is 5.79. The van der Waals surface area contributed by atoms with E-state index in [1.165, 1.54) is 0 Å². The van der Waals surface area contributed by atoms with Crippen molar-refractivity contribution in [3.05, 3.63) is 0 Å². The standard InChI is InChI=1S/C8H18N2O/c1-6(7(9)10)5-11-8(2,3)4/h6H,5H2,1-4H3,(H3,9,10). The molecule has 0 aromatic heterocycles. The van der Waals surface area contributed by atoms with Crippen LogP contribution in [-0.2, 0) is 4.74 Å². The molecule has 3 N–H and O–H groups in total. The van der Waals surface area contributed by atoms with Gasteiger partial charge in [-0.05, 0) is 20.8 Å². The first-order chi connectivity index (χ1) is 4.83. The molecule has 0 radical (unpaired) electrons. The first-order valence-corrected chi connectivity index (χ1v) is 3.81. The summed E-state index contributed by atoms with van der Waals surface area (Å²) in [4.78, 5) is 0. The van der Waals surface area contributed by atoms with Gasteiger partial charge in [-0.1, -0.05) is 6.92 Å². The zero-order chi connectivity index (χ0) is 9.07. The highest BCUT2D eigenvalue weighted by Gasteiger charge is 2.13. The van der Waals surface area contributed by atoms with Crippen LogP contribution in [0.3, 0.4) is 0 Å². The van der Waals surface area contributed by atoms with Gasteiger partial charge in [-0.15, -0.1) is 0 Å². The van der Waals surface area contributed by atoms with Crippen LogP contribution in [0.1, 0.15) is 27.7 Å². The van der Waals surface area contributed by atoms with E-state index in [1.54, 1.807) is 0 Å². The van der Waals surface area contributed by atoms with Crippen LogP contribution in [0.25, 0.3) is 0 Å². The first kappa shape index (κ1) is 10.4. The molecular formula is C8H18N2O. The average Bonchev–Trinajstić information content (AvgIpc) is 1.80. The number of ether oxygens (including phenoxy) is 1. The fraction of sp³-hybridized carbons (Fsp3) is 0.875. The van der Waals surface area contributed by atoms with Crippen molar-refractivity contribution in [1.29, 1.82) is 5.41 Å². The molecular weight excluding hydrogens is 140 g/mol. The van der Waals surface area contributed by atoms with E-state index in [0.717, 1.165) is 0 Å². The predicted octanol–water partition coefficient (Wildman–Crippen LogP) is 1.37. The molecule has 66 valence electrons. The molecule has 0 bridgehead atoms. The van der Waals surface area contributed by atoms with E-state index in [4.69, 9.17) is 15.9 Å². The van der Waals surface area contributed by atoms with E-state index in [1.807, 2.05) is 27.7 Å². The number of hydrogen-bond acceptors (Lipinski definition) is 2. The van der Waals surface area contributed by atoms with Crippen molar-refractivity contribution in [3.8, 4) is 0 Å². The Labute approximate surface area is 68.4 Å². The Balaban J connectivity index is 3.63. The van der Waals surface area contributed by atoms with Gasteiger partial charge in [0, 0.05) is 5.92 Å². The minimum absolute atomic E-state index is 0.0224. The zero-order valence-corrected chi connectivity index (χ0v) is 7.77. The van der Waals surface area contributed by atoms with Gasteiger partial charge in [0.05, 0.1) is 18.0 Å². The lowest BCUT2D eigenvalue weighted by Gasteiger charge is -2.21. The molecule has 0 spiro atoms. The van der Waals surface area contributed by atoms with Crippen molar-refractivity contribution in [1.82, 2.24) is 0 Å². The third-order valence-corrected chi connectivity index (χ3v) is 1.30. The second kappa shape index (κ2) is 3.72. The van der Waals surface area contributed by atoms with Crippen molar-refractivity contribution in [3.63, 3.8) is 0 Å². The molecule has 0 aliphatic heterocycles. The summed E-state index contributed by atoms with van der Waals surface area (Å²) in [5, 5.41) is 7.11. The Hall–Kier alpha value is -0.570. The molecule has 0 saturated carbocycles. The van der Waals surface area contributed by atoms with Crippen LogP contribution in [0.4, 0.5) is 0 Å². The molecule has 0 fully saturated rings. The minimum Gasteiger partial charge on any atom is -0.387 e. The summed E-state index contributed by atoms with van der Waals surface area (Å²) in [6.45, 7) is 8.37. The predicted molar refractivity (Wildman–Crippen MR) is 46.8 cm³/mol. The number of rotatable bonds is 3. The Morgan fingerprint density at radius 2 is 2.00 bits per heavy atom. The lowest BCUT2D eigenvalue weighted by molar-refractivity contribution is -0.0107. The molecule has 3 nitrogen and oxygen atoms in total. The largest absolute Gasteiger partial charge is 0.387 e. The van der Waals surface area contributed by atoms with Crippen LogP contribution in [-0.4, -0.2) is 18.0 Å². The molecule has 1 unspecified atom stereocenters. The van der Waals surface area contributed by atoms with Gasteiger partial charge in [-0.3, -0.25) is 5.41 Å². The monoisotopic (exact) mass is 158 g/mol. The Morgan fingerprint density at radius 1 is 1.55 bits per heavy atom. The number of amidine groups is 1. The normalized spacial score (nSPS) is 14.5. The van der Waals surface area contributed by atoms with E-state index in [2.05, 4.69) is 0 Å². The van der Waals surface area contributed by atoms with Crippen LogP contribution >= 0.6 is 0 Å². The molecule has 0 saturated heterocycles. The van der Waals surface area contributed by atoms with Gasteiger partial charge in [-0.25, -0.2) is 0 Å². The van der Waals surface area contributed by atoms with Crippen LogP contribution in [0.2, 0.25) is 0 Å². The van der Waals surface area contributed by atoms with Gasteiger partial charge in [0.25, 0.3) is 0 Å². The Kier molecular flexibility index (Phi) is 3.52. The maximum atomic E-state index is 7.11. The van der Waals surface area contributed by atoms with Crippen molar-refractivity contribution in [2.75, 3.05) is 6.61 Å². The lowest BCUT2D eigenvalue weighted by Crippen LogP contribution is -2.29. The van der Waals surface area contributed by atoms with Gasteiger partial charge in [0.15, 0.2) is 0 Å². The Bertz CT molecular complexity index is 138. The number of nitrogens with two attached hydrogens (primary N) is 1. The van der Waals surface area contributed by atoms with E-state index in [9.17, 15) is 0 Å². The van der Waals surface area contributed by atoms with Crippen LogP contribution in [0.15, 0.2) is 0 Å². The van der Waals surface area contributed by atoms with E-state index < -0.39 is 0 Å². The molecule has 11 heavy (non-hydrogen) atoms. The summed E-state index contributed by atoms with van der Waals surface area (Å²) in [5.74, 6) is 0.212. The van der Waals surface area contributed by atoms with Gasteiger partial charge < -0.3 is 10.5 Å². The van der Waals surface area contributed by atoms with Crippen molar-refractivity contribution < 1.29 is 4.74 Å². The summed E-state index contributed by atoms with van der Waals surface area (Å²) < 4.78 is 5.43. The molecule has 0 rings (SSSR count). The SMILES string of the molecule is CC(COC(C)(C)C)C(=N)N. The fourth-order valence-corrected chi connectivity index (χ4v) is 0.465. The van der Waals surface area contributed by atoms with Gasteiger partial charge in [0.1, 0.15) is 0 Å². The smallest absolute Gasteiger partial charge is 0.0957 e. The molecule has 0 amide bonds. The van der Waals surface area contributed by atoms with Crippen LogP contribution in [0.5, 0.6) is 0 Å². The molecule has 0 heterocycles. The lowest BCUT2D eigenvalue weighted by atomic mass is 10.1. The third-order valence-electron chi connectivity index (χ3n) is 1.30. The molecule has 0 aliphatic carbocycles. The van der Waals surface area contributed by atoms with Gasteiger partial charge in [-0.2, -0.15) is 0 Å². The van der Waals surface area contributed by atoms with Crippen molar-refractivity contribution >= 4 is 5.84 Å². The summed E-state index contributed by atoms with van der Waals surface area (Å²) in [7, 11) is 0. The van der Waals surface area contributed by atoms with E-state index in [0.29, 0.717) is 6.61 Å². The molecule has 0 aromatic carbocycles. The molecule has 0 aliphatic rings. The second-order valence-corrected chi connectivity index (χ2v) is 3.78. The van der Waals surface area contributed by atoms with Crippen molar-refractivity contribution in [2.45, 2.75) is 33.3 Å². The number of hydrogen-bond donors (Lipinski definition) is 2. The average molecular weight is 158 g/mol. The molecule has 0 aromatic rings. The highest BCUT2D eigenvalue weighted by Crippen LogP contribution is 2.08. The second-order valence-electron chi connectivity index (χ2n) is 3.78. The minimum atomic E-state index is -0.135. The van der Waals surface area contributed by atoms with Crippen molar-refractivity contribution in [2.24, 2.45) is 11.7 Å². The van der Waals surface area contributed by atoms with Crippen LogP contribution < -0.4 is 5.73 Å². The maximum Gasteiger partial charge on any atom is 0.0957 e. The highest BCUT2D eigenvalue weighted by atomic mass is 16.5. The van der Waals surface area contributed by atoms with Gasteiger partial charge >= 0.3 is 0 Å². The third kappa shape index (κ3) is 5.85. The molecule has 3 heteroatoms. The number of nitrogens with one attached hydrogen (secondary N) is 1. The summed E-state index contributed by atoms with van der Waals surface area (Å²) >= 11 is 0. The van der Waals surface area contributed by atoms with E-state index in [-0.39, 0.29) is 17.4 Å². The fourth-order valence-electron chi connectivity index (χ4n) is 0.465. The first-order valence-electron chi connectivity index (χ1n) is 3.81. The summed E-state index contributed by atoms with van der Waals surface area (Å²) in [6.07, 6.45) is 0. The summed E-state index contributed by atoms with van der Waals surface area (Å²) in [5.41, 5.74) is 5.13. The van der Waals surface area contributed by atoms with Gasteiger partial charge in [0.2, 0.25) is 0 Å². The Morgan fingerprint density at radius 3 is 2.27 bits per heavy atom. The maximum absolute atomic E-state index is 7.11. The zero-order valence-electron chi connectivity index (χ0n) is 7.77. The van der Waals surface area contributed by atoms with Crippen LogP contribution in [0, 0.1) is 11.3 Å². The topological polar surface area (TPSA) is 59.1 Å². The molecule has 1 atom stereocenters. The quantitative estimate of drug-likeness (QED) is 0.481. The van der Waals surface area contributed by atoms with E-state index >= 15 is 0 Å². The summed E-state index contributed by atoms with van der Waals surface area (Å²) in [6, 6.07) is 0.